The Bertz CT molecular complexity index is 1710. The normalized spacial score (nSPS) is 16.1. The molecule has 43 heavy (non-hydrogen) atoms. The first-order chi connectivity index (χ1) is 20.5. The zero-order valence-electron chi connectivity index (χ0n) is 23.8. The van der Waals surface area contributed by atoms with Crippen molar-refractivity contribution in [2.75, 3.05) is 45.6 Å². The number of rotatable bonds is 11. The first kappa shape index (κ1) is 29.5. The number of fused-ring (bicyclic) bond motifs is 1. The van der Waals surface area contributed by atoms with E-state index >= 15 is 0 Å². The van der Waals surface area contributed by atoms with Crippen molar-refractivity contribution >= 4 is 33.5 Å². The summed E-state index contributed by atoms with van der Waals surface area (Å²) >= 11 is 0. The average Bonchev–Trinajstić information content (AvgIpc) is 3.25. The molecule has 3 aromatic rings. The quantitative estimate of drug-likeness (QED) is 0.138. The summed E-state index contributed by atoms with van der Waals surface area (Å²) in [7, 11) is 1.41. The van der Waals surface area contributed by atoms with Crippen molar-refractivity contribution in [3.8, 4) is 28.7 Å². The van der Waals surface area contributed by atoms with E-state index in [1.54, 1.807) is 30.3 Å². The lowest BCUT2D eigenvalue weighted by Gasteiger charge is -2.42. The van der Waals surface area contributed by atoms with Gasteiger partial charge in [0, 0.05) is 24.3 Å². The Morgan fingerprint density at radius 3 is 1.86 bits per heavy atom. The molecule has 2 heterocycles. The summed E-state index contributed by atoms with van der Waals surface area (Å²) in [5.74, 6) is -1.16. The number of methoxy groups -OCH3 is 4. The number of anilines is 1. The number of hydrogen-bond donors (Lipinski definition) is 0. The molecule has 1 saturated heterocycles. The molecular weight excluding hydrogens is 580 g/mol. The summed E-state index contributed by atoms with van der Waals surface area (Å²) in [6.07, 6.45) is 0. The zero-order chi connectivity index (χ0) is 31.1. The number of imide groups is 1. The smallest absolute Gasteiger partial charge is 0.311 e. The van der Waals surface area contributed by atoms with Crippen molar-refractivity contribution in [2.45, 2.75) is 6.04 Å². The van der Waals surface area contributed by atoms with Crippen molar-refractivity contribution in [3.05, 3.63) is 83.4 Å². The predicted octanol–water partition coefficient (Wildman–Crippen LogP) is 3.37. The Balaban J connectivity index is 1.40. The Morgan fingerprint density at radius 2 is 1.33 bits per heavy atom. The van der Waals surface area contributed by atoms with Gasteiger partial charge in [-0.15, -0.1) is 0 Å². The van der Waals surface area contributed by atoms with Crippen molar-refractivity contribution in [1.29, 1.82) is 0 Å². The van der Waals surface area contributed by atoms with Crippen molar-refractivity contribution in [2.24, 2.45) is 0 Å². The van der Waals surface area contributed by atoms with Gasteiger partial charge in [-0.3, -0.25) is 24.2 Å². The fourth-order valence-electron chi connectivity index (χ4n) is 5.05. The van der Waals surface area contributed by atoms with E-state index < -0.39 is 40.3 Å². The Kier molecular flexibility index (Phi) is 7.76. The maximum atomic E-state index is 13.0. The minimum atomic E-state index is -4.31. The van der Waals surface area contributed by atoms with E-state index in [1.165, 1.54) is 57.6 Å². The third kappa shape index (κ3) is 5.12. The second kappa shape index (κ2) is 11.3. The van der Waals surface area contributed by atoms with Crippen LogP contribution >= 0.6 is 0 Å². The van der Waals surface area contributed by atoms with Gasteiger partial charge in [0.05, 0.1) is 51.3 Å². The van der Waals surface area contributed by atoms with E-state index in [9.17, 15) is 22.8 Å². The summed E-state index contributed by atoms with van der Waals surface area (Å²) in [6, 6.07) is 13.4. The number of β-lactam (4-membered cyclic amide) rings is 1. The lowest BCUT2D eigenvalue weighted by molar-refractivity contribution is -0.119. The SMILES string of the molecule is C=C1C(=O)N(c2cc(OC)c(OC)c(OC)c2)C1c1ccc(OC)c(OS(=O)(=O)CCN2C(=O)c3ccccc3C2=O)c1. The van der Waals surface area contributed by atoms with Crippen LogP contribution in [0.15, 0.2) is 66.7 Å². The van der Waals surface area contributed by atoms with Crippen LogP contribution in [0.3, 0.4) is 0 Å². The molecule has 0 aliphatic carbocycles. The summed E-state index contributed by atoms with van der Waals surface area (Å²) in [5, 5.41) is 0. The lowest BCUT2D eigenvalue weighted by atomic mass is 9.88. The Labute approximate surface area is 248 Å². The Morgan fingerprint density at radius 1 is 0.744 bits per heavy atom. The van der Waals surface area contributed by atoms with Gasteiger partial charge in [-0.2, -0.15) is 8.42 Å². The van der Waals surface area contributed by atoms with Gasteiger partial charge in [0.2, 0.25) is 5.75 Å². The topological polar surface area (TPSA) is 138 Å². The van der Waals surface area contributed by atoms with Crippen LogP contribution in [0.1, 0.15) is 32.3 Å². The van der Waals surface area contributed by atoms with Gasteiger partial charge < -0.3 is 23.1 Å². The van der Waals surface area contributed by atoms with Crippen LogP contribution in [-0.2, 0) is 14.9 Å². The minimum absolute atomic E-state index is 0.114. The standard InChI is InChI=1S/C30H28N2O10S/c1-17-26(32(28(17)33)19-15-24(39-3)27(41-5)25(16-19)40-4)18-10-11-22(38-2)23(14-18)42-43(36,37)13-12-31-29(34)20-8-6-7-9-21(20)30(31)35/h6-11,14-16,26H,1,12-13H2,2-5H3. The monoisotopic (exact) mass is 608 g/mol. The fourth-order valence-corrected chi connectivity index (χ4v) is 5.95. The predicted molar refractivity (Wildman–Crippen MR) is 155 cm³/mol. The lowest BCUT2D eigenvalue weighted by Crippen LogP contribution is -2.48. The third-order valence-electron chi connectivity index (χ3n) is 7.17. The van der Waals surface area contributed by atoms with Crippen molar-refractivity contribution < 1.29 is 45.9 Å². The maximum Gasteiger partial charge on any atom is 0.311 e. The highest BCUT2D eigenvalue weighted by Crippen LogP contribution is 2.48. The molecule has 0 radical (unpaired) electrons. The van der Waals surface area contributed by atoms with Crippen molar-refractivity contribution in [3.63, 3.8) is 0 Å². The molecule has 1 atom stereocenters. The van der Waals surface area contributed by atoms with Crippen LogP contribution in [0.25, 0.3) is 0 Å². The number of hydrogen-bond acceptors (Lipinski definition) is 10. The molecule has 0 spiro atoms. The number of amides is 3. The van der Waals surface area contributed by atoms with E-state index in [-0.39, 0.29) is 34.1 Å². The minimum Gasteiger partial charge on any atom is -0.493 e. The molecule has 0 bridgehead atoms. The molecule has 3 amide bonds. The summed E-state index contributed by atoms with van der Waals surface area (Å²) < 4.78 is 53.0. The van der Waals surface area contributed by atoms with E-state index in [2.05, 4.69) is 6.58 Å². The van der Waals surface area contributed by atoms with E-state index in [0.29, 0.717) is 28.5 Å². The first-order valence-electron chi connectivity index (χ1n) is 12.9. The van der Waals surface area contributed by atoms with Crippen LogP contribution in [0.2, 0.25) is 0 Å². The fraction of sp³-hybridized carbons (Fsp3) is 0.233. The molecule has 3 aromatic carbocycles. The highest BCUT2D eigenvalue weighted by Gasteiger charge is 2.44. The molecule has 1 unspecified atom stereocenters. The van der Waals surface area contributed by atoms with Gasteiger partial charge in [-0.25, -0.2) is 0 Å². The largest absolute Gasteiger partial charge is 0.493 e. The van der Waals surface area contributed by atoms with E-state index in [4.69, 9.17) is 23.1 Å². The molecule has 2 aliphatic rings. The molecule has 224 valence electrons. The van der Waals surface area contributed by atoms with Crippen molar-refractivity contribution in [1.82, 2.24) is 4.90 Å². The highest BCUT2D eigenvalue weighted by molar-refractivity contribution is 7.87. The molecule has 1 fully saturated rings. The second-order valence-corrected chi connectivity index (χ2v) is 11.2. The van der Waals surface area contributed by atoms with E-state index in [1.807, 2.05) is 0 Å². The number of ether oxygens (including phenoxy) is 4. The first-order valence-corrected chi connectivity index (χ1v) is 14.5. The Hall–Kier alpha value is -5.04. The number of carbonyl (C=O) groups excluding carboxylic acids is 3. The van der Waals surface area contributed by atoms with Gasteiger partial charge >= 0.3 is 10.1 Å². The molecule has 2 aliphatic heterocycles. The molecule has 0 saturated carbocycles. The molecule has 12 nitrogen and oxygen atoms in total. The molecule has 13 heteroatoms. The zero-order valence-corrected chi connectivity index (χ0v) is 24.6. The number of nitrogens with zero attached hydrogens (tertiary/aromatic N) is 2. The molecular formula is C30H28N2O10S. The van der Waals surface area contributed by atoms with Crippen LogP contribution in [0.5, 0.6) is 28.7 Å². The van der Waals surface area contributed by atoms with Gasteiger partial charge in [-0.05, 0) is 29.8 Å². The van der Waals surface area contributed by atoms with Crippen LogP contribution in [0, 0.1) is 0 Å². The average molecular weight is 609 g/mol. The van der Waals surface area contributed by atoms with Crippen LogP contribution in [-0.4, -0.2) is 71.8 Å². The van der Waals surface area contributed by atoms with Gasteiger partial charge in [-0.1, -0.05) is 24.8 Å². The molecule has 0 N–H and O–H groups in total. The van der Waals surface area contributed by atoms with Gasteiger partial charge in [0.15, 0.2) is 23.0 Å². The molecule has 0 aromatic heterocycles. The van der Waals surface area contributed by atoms with Gasteiger partial charge in [0.1, 0.15) is 5.75 Å². The number of carbonyl (C=O) groups is 3. The van der Waals surface area contributed by atoms with Crippen LogP contribution in [0.4, 0.5) is 5.69 Å². The second-order valence-electron chi connectivity index (χ2n) is 9.55. The van der Waals surface area contributed by atoms with E-state index in [0.717, 1.165) is 4.90 Å². The summed E-state index contributed by atoms with van der Waals surface area (Å²) in [5.41, 5.74) is 1.62. The van der Waals surface area contributed by atoms with Gasteiger partial charge in [0.25, 0.3) is 17.7 Å². The summed E-state index contributed by atoms with van der Waals surface area (Å²) in [6.45, 7) is 3.50. The maximum absolute atomic E-state index is 13.0. The number of benzene rings is 3. The highest BCUT2D eigenvalue weighted by atomic mass is 32.2. The summed E-state index contributed by atoms with van der Waals surface area (Å²) in [4.78, 5) is 40.6. The van der Waals surface area contributed by atoms with Crippen LogP contribution < -0.4 is 28.0 Å². The molecule has 5 rings (SSSR count). The third-order valence-corrected chi connectivity index (χ3v) is 8.29.